The molecule has 1 aromatic heterocycles. The van der Waals surface area contributed by atoms with E-state index in [4.69, 9.17) is 0 Å². The van der Waals surface area contributed by atoms with Crippen molar-refractivity contribution in [2.24, 2.45) is 23.2 Å². The van der Waals surface area contributed by atoms with Crippen LogP contribution in [0, 0.1) is 23.2 Å². The lowest BCUT2D eigenvalue weighted by atomic mass is 9.49. The molecule has 2 amide bonds. The lowest BCUT2D eigenvalue weighted by Crippen LogP contribution is -2.50. The summed E-state index contributed by atoms with van der Waals surface area (Å²) in [7, 11) is 0. The van der Waals surface area contributed by atoms with Gasteiger partial charge < -0.3 is 0 Å². The predicted octanol–water partition coefficient (Wildman–Crippen LogP) is 1.14. The highest BCUT2D eigenvalue weighted by molar-refractivity contribution is 5.93. The number of carbonyl (C=O) groups excluding carboxylic acids is 2. The summed E-state index contributed by atoms with van der Waals surface area (Å²) in [6.45, 7) is 0. The van der Waals surface area contributed by atoms with E-state index >= 15 is 0 Å². The summed E-state index contributed by atoms with van der Waals surface area (Å²) in [6, 6.07) is 2.54. The monoisotopic (exact) mass is 330 g/mol. The van der Waals surface area contributed by atoms with Crippen molar-refractivity contribution < 1.29 is 9.59 Å². The van der Waals surface area contributed by atoms with Gasteiger partial charge >= 0.3 is 0 Å². The summed E-state index contributed by atoms with van der Waals surface area (Å²) in [5, 5.41) is 5.83. The van der Waals surface area contributed by atoms with E-state index in [9.17, 15) is 14.4 Å². The molecule has 4 fully saturated rings. The number of nitrogens with zero attached hydrogens (tertiary/aromatic N) is 1. The number of carbonyl (C=O) groups is 2. The molecule has 0 aliphatic heterocycles. The zero-order valence-electron chi connectivity index (χ0n) is 13.5. The molecule has 0 unspecified atom stereocenters. The summed E-state index contributed by atoms with van der Waals surface area (Å²) in [5.41, 5.74) is 4.70. The van der Waals surface area contributed by atoms with E-state index in [1.165, 1.54) is 31.4 Å². The summed E-state index contributed by atoms with van der Waals surface area (Å²) in [6.07, 6.45) is 7.97. The fraction of sp³-hybridized carbons (Fsp3) is 0.647. The second kappa shape index (κ2) is 5.72. The molecule has 4 bridgehead atoms. The van der Waals surface area contributed by atoms with Gasteiger partial charge in [0, 0.05) is 12.5 Å². The van der Waals surface area contributed by atoms with Crippen LogP contribution in [0.25, 0.3) is 0 Å². The number of hydrogen-bond donors (Lipinski definition) is 3. The Hall–Kier alpha value is -2.18. The number of aromatic amines is 1. The number of H-pyrrole nitrogens is 1. The van der Waals surface area contributed by atoms with Crippen LogP contribution >= 0.6 is 0 Å². The molecule has 3 N–H and O–H groups in total. The molecule has 4 aliphatic carbocycles. The molecule has 24 heavy (non-hydrogen) atoms. The molecule has 128 valence electrons. The number of amides is 2. The second-order valence-electron chi connectivity index (χ2n) is 7.90. The third-order valence-corrected chi connectivity index (χ3v) is 5.93. The van der Waals surface area contributed by atoms with Gasteiger partial charge in [0.1, 0.15) is 0 Å². The maximum atomic E-state index is 12.3. The van der Waals surface area contributed by atoms with Crippen molar-refractivity contribution in [3.8, 4) is 0 Å². The Morgan fingerprint density at radius 3 is 2.25 bits per heavy atom. The minimum absolute atomic E-state index is 0.0599. The molecular formula is C17H22N4O3. The summed E-state index contributed by atoms with van der Waals surface area (Å²) in [4.78, 5) is 35.2. The van der Waals surface area contributed by atoms with Crippen LogP contribution in [0.15, 0.2) is 16.9 Å². The number of hydrogen-bond acceptors (Lipinski definition) is 4. The first-order valence-electron chi connectivity index (χ1n) is 8.66. The van der Waals surface area contributed by atoms with Crippen LogP contribution in [0.2, 0.25) is 0 Å². The lowest BCUT2D eigenvalue weighted by Gasteiger charge is -2.56. The molecule has 1 aromatic rings. The minimum atomic E-state index is -0.537. The highest BCUT2D eigenvalue weighted by atomic mass is 16.2. The van der Waals surface area contributed by atoms with Gasteiger partial charge in [-0.15, -0.1) is 0 Å². The van der Waals surface area contributed by atoms with Crippen molar-refractivity contribution in [1.29, 1.82) is 0 Å². The average Bonchev–Trinajstić information content (AvgIpc) is 2.51. The average molecular weight is 330 g/mol. The van der Waals surface area contributed by atoms with Crippen LogP contribution in [0.4, 0.5) is 0 Å². The summed E-state index contributed by atoms with van der Waals surface area (Å²) < 4.78 is 0. The number of aromatic nitrogens is 2. The topological polar surface area (TPSA) is 104 Å². The van der Waals surface area contributed by atoms with Gasteiger partial charge in [-0.25, -0.2) is 5.10 Å². The van der Waals surface area contributed by atoms with E-state index in [1.54, 1.807) is 0 Å². The van der Waals surface area contributed by atoms with Crippen molar-refractivity contribution in [2.75, 3.05) is 0 Å². The molecule has 5 rings (SSSR count). The molecule has 0 saturated heterocycles. The Morgan fingerprint density at radius 2 is 1.71 bits per heavy atom. The van der Waals surface area contributed by atoms with Crippen LogP contribution in [-0.2, 0) is 4.79 Å². The zero-order chi connectivity index (χ0) is 16.7. The maximum absolute atomic E-state index is 12.3. The molecule has 0 radical (unpaired) electrons. The summed E-state index contributed by atoms with van der Waals surface area (Å²) in [5.74, 6) is 1.71. The van der Waals surface area contributed by atoms with Gasteiger partial charge in [0.15, 0.2) is 5.69 Å². The molecule has 4 saturated carbocycles. The smallest absolute Gasteiger partial charge is 0.273 e. The van der Waals surface area contributed by atoms with Gasteiger partial charge in [-0.05, 0) is 67.8 Å². The second-order valence-corrected chi connectivity index (χ2v) is 7.90. The first-order valence-corrected chi connectivity index (χ1v) is 8.66. The van der Waals surface area contributed by atoms with Crippen LogP contribution in [0.1, 0.15) is 55.4 Å². The Bertz CT molecular complexity index is 671. The highest BCUT2D eigenvalue weighted by Gasteiger charge is 2.51. The van der Waals surface area contributed by atoms with Gasteiger partial charge in [0.05, 0.1) is 0 Å². The van der Waals surface area contributed by atoms with Crippen molar-refractivity contribution in [2.45, 2.75) is 44.9 Å². The quantitative estimate of drug-likeness (QED) is 0.723. The van der Waals surface area contributed by atoms with Gasteiger partial charge in [-0.3, -0.25) is 25.2 Å². The molecule has 0 atom stereocenters. The Morgan fingerprint density at radius 1 is 1.08 bits per heavy atom. The molecule has 0 aromatic carbocycles. The van der Waals surface area contributed by atoms with E-state index in [-0.39, 0.29) is 22.6 Å². The molecule has 7 heteroatoms. The Balaban J connectivity index is 1.33. The first-order chi connectivity index (χ1) is 11.5. The van der Waals surface area contributed by atoms with Crippen LogP contribution in [0.5, 0.6) is 0 Å². The molecule has 7 nitrogen and oxygen atoms in total. The van der Waals surface area contributed by atoms with Gasteiger partial charge in [0.2, 0.25) is 5.91 Å². The largest absolute Gasteiger partial charge is 0.290 e. The van der Waals surface area contributed by atoms with Crippen LogP contribution in [-0.4, -0.2) is 22.0 Å². The number of rotatable bonds is 3. The van der Waals surface area contributed by atoms with Crippen molar-refractivity contribution in [3.63, 3.8) is 0 Å². The van der Waals surface area contributed by atoms with Crippen LogP contribution in [0.3, 0.4) is 0 Å². The van der Waals surface area contributed by atoms with E-state index in [0.717, 1.165) is 37.0 Å². The Kier molecular flexibility index (Phi) is 3.66. The molecular weight excluding hydrogens is 308 g/mol. The standard InChI is InChI=1S/C17H22N4O3/c22-14-2-1-13(18-19-14)16(24)21-20-15(23)9-17-6-10-3-11(7-17)5-12(4-10)8-17/h1-2,10-12H,3-9H2,(H,19,22)(H,20,23)(H,21,24). The van der Waals surface area contributed by atoms with E-state index in [1.807, 2.05) is 0 Å². The van der Waals surface area contributed by atoms with Crippen LogP contribution < -0.4 is 16.4 Å². The van der Waals surface area contributed by atoms with Crippen molar-refractivity contribution >= 4 is 11.8 Å². The normalized spacial score (nSPS) is 33.2. The van der Waals surface area contributed by atoms with Gasteiger partial charge in [-0.2, -0.15) is 5.10 Å². The van der Waals surface area contributed by atoms with E-state index in [2.05, 4.69) is 21.0 Å². The number of hydrazine groups is 1. The van der Waals surface area contributed by atoms with Crippen molar-refractivity contribution in [1.82, 2.24) is 21.0 Å². The lowest BCUT2D eigenvalue weighted by molar-refractivity contribution is -0.130. The molecule has 1 heterocycles. The summed E-state index contributed by atoms with van der Waals surface area (Å²) >= 11 is 0. The molecule has 4 aliphatic rings. The number of nitrogens with one attached hydrogen (secondary N) is 3. The highest BCUT2D eigenvalue weighted by Crippen LogP contribution is 2.61. The zero-order valence-corrected chi connectivity index (χ0v) is 13.5. The minimum Gasteiger partial charge on any atom is -0.273 e. The SMILES string of the molecule is O=C(CC12CC3CC(CC(C3)C1)C2)NNC(=O)c1ccc(=O)[nH]n1. The Labute approximate surface area is 139 Å². The van der Waals surface area contributed by atoms with E-state index < -0.39 is 5.91 Å². The molecule has 0 spiro atoms. The van der Waals surface area contributed by atoms with E-state index in [0.29, 0.717) is 6.42 Å². The maximum Gasteiger partial charge on any atom is 0.290 e. The fourth-order valence-corrected chi connectivity index (χ4v) is 5.55. The van der Waals surface area contributed by atoms with Gasteiger partial charge in [0.25, 0.3) is 11.5 Å². The van der Waals surface area contributed by atoms with Gasteiger partial charge in [-0.1, -0.05) is 0 Å². The van der Waals surface area contributed by atoms with Crippen molar-refractivity contribution in [3.05, 3.63) is 28.2 Å². The third-order valence-electron chi connectivity index (χ3n) is 5.93. The fourth-order valence-electron chi connectivity index (χ4n) is 5.55. The third kappa shape index (κ3) is 2.95. The predicted molar refractivity (Wildman–Crippen MR) is 85.7 cm³/mol. The first kappa shape index (κ1) is 15.4.